The van der Waals surface area contributed by atoms with E-state index in [9.17, 15) is 17.6 Å². The van der Waals surface area contributed by atoms with Crippen LogP contribution in [0.4, 0.5) is 15.8 Å². The first-order valence-corrected chi connectivity index (χ1v) is 12.9. The molecule has 8 nitrogen and oxygen atoms in total. The van der Waals surface area contributed by atoms with Gasteiger partial charge in [-0.15, -0.1) is 0 Å². The Morgan fingerprint density at radius 1 is 1.06 bits per heavy atom. The number of carbonyl (C=O) groups excluding carboxylic acids is 1. The molecule has 0 radical (unpaired) electrons. The van der Waals surface area contributed by atoms with Crippen LogP contribution in [-0.4, -0.2) is 65.1 Å². The molecule has 184 valence electrons. The second-order valence-corrected chi connectivity index (χ2v) is 10.3. The van der Waals surface area contributed by atoms with Crippen LogP contribution in [0.25, 0.3) is 0 Å². The maximum atomic E-state index is 14.0. The molecule has 2 aliphatic heterocycles. The van der Waals surface area contributed by atoms with Gasteiger partial charge in [-0.25, -0.2) is 12.8 Å². The van der Waals surface area contributed by atoms with Gasteiger partial charge in [0.15, 0.2) is 0 Å². The highest BCUT2D eigenvalue weighted by Crippen LogP contribution is 2.31. The molecule has 0 unspecified atom stereocenters. The number of nitrogens with zero attached hydrogens (tertiary/aromatic N) is 2. The maximum absolute atomic E-state index is 14.0. The minimum atomic E-state index is -3.81. The van der Waals surface area contributed by atoms with Crippen LogP contribution >= 0.6 is 0 Å². The van der Waals surface area contributed by atoms with E-state index in [2.05, 4.69) is 10.2 Å². The fourth-order valence-electron chi connectivity index (χ4n) is 4.36. The predicted octanol–water partition coefficient (Wildman–Crippen LogP) is 3.03. The molecule has 2 aliphatic rings. The third-order valence-electron chi connectivity index (χ3n) is 6.11. The number of amides is 1. The first-order chi connectivity index (χ1) is 16.4. The first kappa shape index (κ1) is 24.4. The molecule has 1 amide bonds. The summed E-state index contributed by atoms with van der Waals surface area (Å²) < 4.78 is 52.3. The van der Waals surface area contributed by atoms with Gasteiger partial charge >= 0.3 is 0 Å². The summed E-state index contributed by atoms with van der Waals surface area (Å²) >= 11 is 0. The SMILES string of the molecule is COc1ccc(CC(=O)Nc2cc(F)ccc2N2CCCCC2)cc1S(=O)(=O)N1CCOCC1. The van der Waals surface area contributed by atoms with Crippen LogP contribution in [0.5, 0.6) is 5.75 Å². The summed E-state index contributed by atoms with van der Waals surface area (Å²) in [5, 5.41) is 2.82. The molecule has 4 rings (SSSR count). The average Bonchev–Trinajstić information content (AvgIpc) is 2.85. The molecule has 0 bridgehead atoms. The fourth-order valence-corrected chi connectivity index (χ4v) is 5.97. The van der Waals surface area contributed by atoms with Gasteiger partial charge in [0.25, 0.3) is 0 Å². The summed E-state index contributed by atoms with van der Waals surface area (Å²) in [6.45, 7) is 2.89. The van der Waals surface area contributed by atoms with Crippen LogP contribution in [0.3, 0.4) is 0 Å². The number of hydrogen-bond acceptors (Lipinski definition) is 6. The van der Waals surface area contributed by atoms with E-state index >= 15 is 0 Å². The van der Waals surface area contributed by atoms with Gasteiger partial charge < -0.3 is 19.7 Å². The zero-order valence-corrected chi connectivity index (χ0v) is 20.1. The van der Waals surface area contributed by atoms with Crippen molar-refractivity contribution in [3.8, 4) is 5.75 Å². The number of morpholine rings is 1. The monoisotopic (exact) mass is 491 g/mol. The number of piperidine rings is 1. The van der Waals surface area contributed by atoms with Gasteiger partial charge in [0.2, 0.25) is 15.9 Å². The quantitative estimate of drug-likeness (QED) is 0.641. The van der Waals surface area contributed by atoms with Gasteiger partial charge in [-0.2, -0.15) is 4.31 Å². The van der Waals surface area contributed by atoms with Crippen molar-refractivity contribution in [3.63, 3.8) is 0 Å². The van der Waals surface area contributed by atoms with Gasteiger partial charge in [-0.1, -0.05) is 6.07 Å². The Bertz CT molecular complexity index is 1130. The highest BCUT2D eigenvalue weighted by atomic mass is 32.2. The molecule has 2 saturated heterocycles. The number of ether oxygens (including phenoxy) is 2. The molecule has 2 fully saturated rings. The summed E-state index contributed by atoms with van der Waals surface area (Å²) in [6.07, 6.45) is 3.20. The zero-order chi connectivity index (χ0) is 24.1. The Morgan fingerprint density at radius 2 is 1.79 bits per heavy atom. The van der Waals surface area contributed by atoms with Crippen molar-refractivity contribution in [2.75, 3.05) is 56.7 Å². The number of anilines is 2. The lowest BCUT2D eigenvalue weighted by molar-refractivity contribution is -0.115. The predicted molar refractivity (Wildman–Crippen MR) is 127 cm³/mol. The van der Waals surface area contributed by atoms with Crippen LogP contribution in [0, 0.1) is 5.82 Å². The lowest BCUT2D eigenvalue weighted by Gasteiger charge is -2.30. The lowest BCUT2D eigenvalue weighted by atomic mass is 10.1. The fraction of sp³-hybridized carbons (Fsp3) is 0.458. The van der Waals surface area contributed by atoms with Crippen LogP contribution in [0.2, 0.25) is 0 Å². The highest BCUT2D eigenvalue weighted by Gasteiger charge is 2.29. The molecule has 0 aliphatic carbocycles. The van der Waals surface area contributed by atoms with Crippen molar-refractivity contribution in [1.82, 2.24) is 4.31 Å². The van der Waals surface area contributed by atoms with E-state index in [1.807, 2.05) is 0 Å². The number of rotatable bonds is 7. The van der Waals surface area contributed by atoms with Gasteiger partial charge in [0.05, 0.1) is 38.1 Å². The van der Waals surface area contributed by atoms with E-state index in [0.717, 1.165) is 38.0 Å². The molecule has 2 aromatic carbocycles. The van der Waals surface area contributed by atoms with E-state index < -0.39 is 15.8 Å². The van der Waals surface area contributed by atoms with E-state index in [1.54, 1.807) is 18.2 Å². The summed E-state index contributed by atoms with van der Waals surface area (Å²) in [6, 6.07) is 9.10. The summed E-state index contributed by atoms with van der Waals surface area (Å²) in [4.78, 5) is 15.1. The number of halogens is 1. The van der Waals surface area contributed by atoms with Gasteiger partial charge in [0, 0.05) is 26.2 Å². The molecule has 10 heteroatoms. The molecule has 0 atom stereocenters. The number of nitrogens with one attached hydrogen (secondary N) is 1. The summed E-state index contributed by atoms with van der Waals surface area (Å²) in [7, 11) is -2.40. The minimum absolute atomic E-state index is 0.0157. The van der Waals surface area contributed by atoms with Crippen molar-refractivity contribution in [2.45, 2.75) is 30.6 Å². The number of carbonyl (C=O) groups is 1. The molecule has 0 spiro atoms. The number of benzene rings is 2. The average molecular weight is 492 g/mol. The van der Waals surface area contributed by atoms with Crippen LogP contribution in [0.15, 0.2) is 41.3 Å². The molecule has 1 N–H and O–H groups in total. The van der Waals surface area contributed by atoms with E-state index in [-0.39, 0.29) is 36.1 Å². The summed E-state index contributed by atoms with van der Waals surface area (Å²) in [5.41, 5.74) is 1.72. The molecule has 0 aromatic heterocycles. The number of methoxy groups -OCH3 is 1. The van der Waals surface area contributed by atoms with Gasteiger partial charge in [-0.05, 0) is 55.2 Å². The Morgan fingerprint density at radius 3 is 2.50 bits per heavy atom. The first-order valence-electron chi connectivity index (χ1n) is 11.5. The topological polar surface area (TPSA) is 88.2 Å². The van der Waals surface area contributed by atoms with Gasteiger partial charge in [0.1, 0.15) is 16.5 Å². The molecular formula is C24H30FN3O5S. The van der Waals surface area contributed by atoms with Crippen molar-refractivity contribution >= 4 is 27.3 Å². The van der Waals surface area contributed by atoms with E-state index in [1.165, 1.54) is 29.6 Å². The second kappa shape index (κ2) is 10.7. The molecule has 34 heavy (non-hydrogen) atoms. The van der Waals surface area contributed by atoms with Crippen molar-refractivity contribution in [3.05, 3.63) is 47.8 Å². The van der Waals surface area contributed by atoms with Gasteiger partial charge in [-0.3, -0.25) is 4.79 Å². The van der Waals surface area contributed by atoms with Crippen molar-refractivity contribution in [1.29, 1.82) is 0 Å². The Labute approximate surface area is 199 Å². The maximum Gasteiger partial charge on any atom is 0.246 e. The zero-order valence-electron chi connectivity index (χ0n) is 19.3. The standard InChI is InChI=1S/C24H30FN3O5S/c1-32-22-8-5-18(15-23(22)34(30,31)28-11-13-33-14-12-28)16-24(29)26-20-17-19(25)6-7-21(20)27-9-3-2-4-10-27/h5-8,15,17H,2-4,9-14,16H2,1H3,(H,26,29). The van der Waals surface area contributed by atoms with Crippen molar-refractivity contribution < 1.29 is 27.1 Å². The van der Waals surface area contributed by atoms with Crippen LogP contribution in [-0.2, 0) is 26.0 Å². The molecule has 2 aromatic rings. The smallest absolute Gasteiger partial charge is 0.246 e. The number of hydrogen-bond donors (Lipinski definition) is 1. The lowest BCUT2D eigenvalue weighted by Crippen LogP contribution is -2.40. The number of sulfonamides is 1. The molecule has 0 saturated carbocycles. The Balaban J connectivity index is 1.54. The second-order valence-electron chi connectivity index (χ2n) is 8.44. The van der Waals surface area contributed by atoms with E-state index in [0.29, 0.717) is 24.5 Å². The normalized spacial score (nSPS) is 17.4. The summed E-state index contributed by atoms with van der Waals surface area (Å²) in [5.74, 6) is -0.573. The minimum Gasteiger partial charge on any atom is -0.495 e. The van der Waals surface area contributed by atoms with E-state index in [4.69, 9.17) is 9.47 Å². The Kier molecular flexibility index (Phi) is 7.70. The third kappa shape index (κ3) is 5.51. The van der Waals surface area contributed by atoms with Crippen LogP contribution < -0.4 is 15.0 Å². The van der Waals surface area contributed by atoms with Crippen molar-refractivity contribution in [2.24, 2.45) is 0 Å². The largest absolute Gasteiger partial charge is 0.495 e. The molecule has 2 heterocycles. The third-order valence-corrected chi connectivity index (χ3v) is 8.03. The highest BCUT2D eigenvalue weighted by molar-refractivity contribution is 7.89. The Hall–Kier alpha value is -2.69. The molecular weight excluding hydrogens is 461 g/mol. The van der Waals surface area contributed by atoms with Crippen LogP contribution in [0.1, 0.15) is 24.8 Å².